The summed E-state index contributed by atoms with van der Waals surface area (Å²) in [5.41, 5.74) is 0. The number of allylic oxidation sites excluding steroid dienone is 2. The second-order valence-corrected chi connectivity index (χ2v) is 6.86. The Morgan fingerprint density at radius 1 is 1.05 bits per heavy atom. The molecule has 0 aromatic carbocycles. The maximum Gasteiger partial charge on any atom is 0.0813 e. The smallest absolute Gasteiger partial charge is 0.0813 e. The molecule has 2 fully saturated rings. The summed E-state index contributed by atoms with van der Waals surface area (Å²) >= 11 is 0. The molecule has 3 rings (SSSR count). The average molecular weight is 279 g/mol. The van der Waals surface area contributed by atoms with Crippen molar-refractivity contribution in [1.29, 1.82) is 0 Å². The van der Waals surface area contributed by atoms with E-state index in [9.17, 15) is 0 Å². The Kier molecular flexibility index (Phi) is 5.14. The number of ether oxygens (including phenoxy) is 2. The Morgan fingerprint density at radius 2 is 1.85 bits per heavy atom. The fourth-order valence-electron chi connectivity index (χ4n) is 3.23. The van der Waals surface area contributed by atoms with Crippen LogP contribution in [0.15, 0.2) is 12.2 Å². The van der Waals surface area contributed by atoms with Gasteiger partial charge in [0, 0.05) is 12.6 Å². The minimum Gasteiger partial charge on any atom is -0.378 e. The van der Waals surface area contributed by atoms with E-state index < -0.39 is 0 Å². The van der Waals surface area contributed by atoms with Gasteiger partial charge in [0.05, 0.1) is 25.4 Å². The largest absolute Gasteiger partial charge is 0.378 e. The highest BCUT2D eigenvalue weighted by atomic mass is 16.5. The number of hydrogen-bond donors (Lipinski definition) is 1. The van der Waals surface area contributed by atoms with Crippen molar-refractivity contribution < 1.29 is 9.47 Å². The van der Waals surface area contributed by atoms with Crippen LogP contribution in [0.5, 0.6) is 0 Å². The van der Waals surface area contributed by atoms with Crippen LogP contribution in [0.1, 0.15) is 45.4 Å². The molecule has 1 N–H and O–H groups in total. The summed E-state index contributed by atoms with van der Waals surface area (Å²) in [5.74, 6) is 1.47. The van der Waals surface area contributed by atoms with Crippen LogP contribution in [0.3, 0.4) is 0 Å². The van der Waals surface area contributed by atoms with E-state index >= 15 is 0 Å². The van der Waals surface area contributed by atoms with Gasteiger partial charge >= 0.3 is 0 Å². The highest BCUT2D eigenvalue weighted by molar-refractivity contribution is 4.93. The molecular formula is C17H29NO2. The van der Waals surface area contributed by atoms with E-state index in [2.05, 4.69) is 24.4 Å². The maximum atomic E-state index is 6.05. The second kappa shape index (κ2) is 7.06. The highest BCUT2D eigenvalue weighted by Crippen LogP contribution is 2.26. The summed E-state index contributed by atoms with van der Waals surface area (Å²) in [6, 6.07) is 0.787. The van der Waals surface area contributed by atoms with Gasteiger partial charge in [0.15, 0.2) is 0 Å². The second-order valence-electron chi connectivity index (χ2n) is 6.86. The first kappa shape index (κ1) is 14.6. The Bertz CT molecular complexity index is 327. The lowest BCUT2D eigenvalue weighted by molar-refractivity contribution is -0.0262. The molecule has 0 radical (unpaired) electrons. The van der Waals surface area contributed by atoms with Crippen LogP contribution in [0.25, 0.3) is 0 Å². The first-order chi connectivity index (χ1) is 9.81. The molecule has 2 aliphatic carbocycles. The lowest BCUT2D eigenvalue weighted by atomic mass is 9.85. The molecule has 3 nitrogen and oxygen atoms in total. The van der Waals surface area contributed by atoms with Crippen molar-refractivity contribution in [2.75, 3.05) is 19.8 Å². The number of rotatable bonds is 7. The third-order valence-corrected chi connectivity index (χ3v) is 4.96. The van der Waals surface area contributed by atoms with Crippen LogP contribution < -0.4 is 5.32 Å². The Labute approximate surface area is 123 Å². The maximum absolute atomic E-state index is 6.05. The van der Waals surface area contributed by atoms with Crippen molar-refractivity contribution in [3.63, 3.8) is 0 Å². The Morgan fingerprint density at radius 3 is 2.65 bits per heavy atom. The molecule has 0 amide bonds. The van der Waals surface area contributed by atoms with E-state index in [1.807, 2.05) is 0 Å². The lowest BCUT2D eigenvalue weighted by Crippen LogP contribution is -2.29. The van der Waals surface area contributed by atoms with Crippen molar-refractivity contribution in [2.45, 2.75) is 63.7 Å². The van der Waals surface area contributed by atoms with Gasteiger partial charge in [0.2, 0.25) is 0 Å². The van der Waals surface area contributed by atoms with Crippen molar-refractivity contribution >= 4 is 0 Å². The number of nitrogens with one attached hydrogen (secondary N) is 1. The van der Waals surface area contributed by atoms with Crippen LogP contribution in [0, 0.1) is 11.8 Å². The van der Waals surface area contributed by atoms with Crippen LogP contribution >= 0.6 is 0 Å². The molecule has 1 heterocycles. The third kappa shape index (κ3) is 4.31. The van der Waals surface area contributed by atoms with Gasteiger partial charge < -0.3 is 14.8 Å². The van der Waals surface area contributed by atoms with E-state index in [0.29, 0.717) is 18.1 Å². The molecule has 0 bridgehead atoms. The van der Waals surface area contributed by atoms with E-state index in [4.69, 9.17) is 9.47 Å². The van der Waals surface area contributed by atoms with Gasteiger partial charge in [-0.1, -0.05) is 19.1 Å². The zero-order chi connectivity index (χ0) is 13.8. The first-order valence-electron chi connectivity index (χ1n) is 8.43. The molecule has 1 saturated heterocycles. The van der Waals surface area contributed by atoms with Crippen LogP contribution in [-0.4, -0.2) is 38.0 Å². The lowest BCUT2D eigenvalue weighted by Gasteiger charge is -2.25. The molecule has 0 aromatic rings. The van der Waals surface area contributed by atoms with Gasteiger partial charge in [-0.25, -0.2) is 0 Å². The van der Waals surface area contributed by atoms with Crippen LogP contribution in [0.4, 0.5) is 0 Å². The molecule has 1 aliphatic heterocycles. The zero-order valence-corrected chi connectivity index (χ0v) is 12.7. The summed E-state index contributed by atoms with van der Waals surface area (Å²) in [4.78, 5) is 0. The molecule has 0 spiro atoms. The van der Waals surface area contributed by atoms with Gasteiger partial charge in [-0.3, -0.25) is 0 Å². The van der Waals surface area contributed by atoms with E-state index in [0.717, 1.165) is 38.1 Å². The van der Waals surface area contributed by atoms with Crippen molar-refractivity contribution in [3.05, 3.63) is 12.2 Å². The molecule has 20 heavy (non-hydrogen) atoms. The molecule has 1 saturated carbocycles. The first-order valence-corrected chi connectivity index (χ1v) is 8.43. The minimum atomic E-state index is 0.329. The predicted octanol–water partition coefficient (Wildman–Crippen LogP) is 2.90. The minimum absolute atomic E-state index is 0.329. The van der Waals surface area contributed by atoms with Gasteiger partial charge in [-0.05, 0) is 50.4 Å². The summed E-state index contributed by atoms with van der Waals surface area (Å²) in [5, 5.41) is 3.56. The molecule has 4 unspecified atom stereocenters. The Hall–Kier alpha value is -0.380. The topological polar surface area (TPSA) is 30.5 Å². The normalized spacial score (nSPS) is 37.5. The fraction of sp³-hybridized carbons (Fsp3) is 0.882. The van der Waals surface area contributed by atoms with Crippen LogP contribution in [-0.2, 0) is 9.47 Å². The van der Waals surface area contributed by atoms with Gasteiger partial charge in [0.25, 0.3) is 0 Å². The van der Waals surface area contributed by atoms with E-state index in [1.165, 1.54) is 32.1 Å². The summed E-state index contributed by atoms with van der Waals surface area (Å²) in [6.07, 6.45) is 12.8. The van der Waals surface area contributed by atoms with Crippen molar-refractivity contribution in [2.24, 2.45) is 11.8 Å². The molecule has 3 aliphatic rings. The monoisotopic (exact) mass is 279 g/mol. The van der Waals surface area contributed by atoms with Gasteiger partial charge in [0.1, 0.15) is 0 Å². The van der Waals surface area contributed by atoms with Crippen molar-refractivity contribution in [3.8, 4) is 0 Å². The molecule has 114 valence electrons. The molecule has 3 heteroatoms. The molecular weight excluding hydrogens is 250 g/mol. The quantitative estimate of drug-likeness (QED) is 0.727. The third-order valence-electron chi connectivity index (χ3n) is 4.96. The molecule has 4 atom stereocenters. The standard InChI is InChI=1S/C17H29NO2/c1-13-4-2-3-5-14(13)11-19-12-17-9-8-16(20-17)10-18-15-6-7-15/h2-3,13-18H,4-12H2,1H3. The van der Waals surface area contributed by atoms with Gasteiger partial charge in [-0.15, -0.1) is 0 Å². The fourth-order valence-corrected chi connectivity index (χ4v) is 3.23. The van der Waals surface area contributed by atoms with Crippen molar-refractivity contribution in [1.82, 2.24) is 5.32 Å². The van der Waals surface area contributed by atoms with E-state index in [-0.39, 0.29) is 0 Å². The summed E-state index contributed by atoms with van der Waals surface area (Å²) in [7, 11) is 0. The Balaban J connectivity index is 1.28. The zero-order valence-electron chi connectivity index (χ0n) is 12.7. The SMILES string of the molecule is CC1CC=CCC1COCC1CCC(CNC2CC2)O1. The average Bonchev–Trinajstić information content (AvgIpc) is 3.18. The molecule has 0 aromatic heterocycles. The highest BCUT2D eigenvalue weighted by Gasteiger charge is 2.28. The predicted molar refractivity (Wildman–Crippen MR) is 80.8 cm³/mol. The summed E-state index contributed by atoms with van der Waals surface area (Å²) in [6.45, 7) is 5.05. The van der Waals surface area contributed by atoms with E-state index in [1.54, 1.807) is 0 Å². The number of hydrogen-bond acceptors (Lipinski definition) is 3. The van der Waals surface area contributed by atoms with Gasteiger partial charge in [-0.2, -0.15) is 0 Å². The summed E-state index contributed by atoms with van der Waals surface area (Å²) < 4.78 is 12.0. The van der Waals surface area contributed by atoms with Crippen LogP contribution in [0.2, 0.25) is 0 Å².